The van der Waals surface area contributed by atoms with Crippen LogP contribution in [0, 0.1) is 0 Å². The summed E-state index contributed by atoms with van der Waals surface area (Å²) in [7, 11) is 2.96. The second-order valence-corrected chi connectivity index (χ2v) is 14.5. The first kappa shape index (κ1) is 40.4. The highest BCUT2D eigenvalue weighted by Crippen LogP contribution is 2.29. The third kappa shape index (κ3) is 11.8. The predicted octanol–water partition coefficient (Wildman–Crippen LogP) is 2.90. The number of fused-ring (bicyclic) bond motifs is 18. The van der Waals surface area contributed by atoms with E-state index in [2.05, 4.69) is 26.6 Å². The molecule has 14 nitrogen and oxygen atoms in total. The number of carboxylic acids is 1. The van der Waals surface area contributed by atoms with E-state index in [-0.39, 0.29) is 43.8 Å². The lowest BCUT2D eigenvalue weighted by atomic mass is 10.0. The molecule has 6 N–H and O–H groups in total. The Morgan fingerprint density at radius 1 is 0.727 bits per heavy atom. The number of amides is 5. The van der Waals surface area contributed by atoms with E-state index in [0.29, 0.717) is 40.3 Å². The van der Waals surface area contributed by atoms with E-state index in [1.54, 1.807) is 72.8 Å². The lowest BCUT2D eigenvalue weighted by molar-refractivity contribution is -0.142. The maximum atomic E-state index is 14.3. The van der Waals surface area contributed by atoms with Crippen LogP contribution in [0.15, 0.2) is 84.3 Å². The number of ether oxygens (including phenoxy) is 2. The van der Waals surface area contributed by atoms with Gasteiger partial charge in [-0.2, -0.15) is 0 Å². The van der Waals surface area contributed by atoms with Crippen molar-refractivity contribution in [3.05, 3.63) is 101 Å². The number of carboxylic acid groups (broad SMARTS) is 1. The van der Waals surface area contributed by atoms with Crippen molar-refractivity contribution in [2.45, 2.75) is 74.4 Å². The Morgan fingerprint density at radius 2 is 1.36 bits per heavy atom. The summed E-state index contributed by atoms with van der Waals surface area (Å²) in [6.07, 6.45) is 2.40. The molecule has 0 saturated carbocycles. The number of carbonyl (C=O) groups excluding carboxylic acids is 5. The number of rotatable bonds is 9. The summed E-state index contributed by atoms with van der Waals surface area (Å²) in [6.45, 7) is 0. The lowest BCUT2D eigenvalue weighted by Crippen LogP contribution is -2.59. The number of hydrogen-bond donors (Lipinski definition) is 6. The zero-order valence-corrected chi connectivity index (χ0v) is 31.4. The molecular formula is C40H45N5O9S. The van der Waals surface area contributed by atoms with Gasteiger partial charge in [-0.25, -0.2) is 4.79 Å². The van der Waals surface area contributed by atoms with E-state index < -0.39 is 59.7 Å². The Hall–Kier alpha value is -5.83. The summed E-state index contributed by atoms with van der Waals surface area (Å²) < 4.78 is 10.8. The highest BCUT2D eigenvalue weighted by molar-refractivity contribution is 8.03. The summed E-state index contributed by atoms with van der Waals surface area (Å²) in [4.78, 5) is 80.8. The van der Waals surface area contributed by atoms with Crippen LogP contribution in [0.5, 0.6) is 11.5 Å². The lowest BCUT2D eigenvalue weighted by Gasteiger charge is -2.27. The number of allylic oxidation sites excluding steroid dienone is 1. The summed E-state index contributed by atoms with van der Waals surface area (Å²) in [5.41, 5.74) is 2.29. The maximum Gasteiger partial charge on any atom is 0.326 e. The van der Waals surface area contributed by atoms with Gasteiger partial charge in [-0.15, -0.1) is 11.8 Å². The van der Waals surface area contributed by atoms with Gasteiger partial charge in [-0.1, -0.05) is 54.6 Å². The number of benzene rings is 3. The van der Waals surface area contributed by atoms with Crippen molar-refractivity contribution in [2.24, 2.45) is 0 Å². The van der Waals surface area contributed by atoms with Crippen LogP contribution in [0.4, 0.5) is 5.69 Å². The van der Waals surface area contributed by atoms with E-state index in [0.717, 1.165) is 0 Å². The normalized spacial score (nSPS) is 22.7. The van der Waals surface area contributed by atoms with E-state index in [1.165, 1.54) is 26.0 Å². The van der Waals surface area contributed by atoms with Gasteiger partial charge in [-0.3, -0.25) is 24.0 Å². The molecule has 0 aromatic heterocycles. The Morgan fingerprint density at radius 3 is 2.00 bits per heavy atom. The van der Waals surface area contributed by atoms with Crippen LogP contribution in [-0.2, 0) is 48.0 Å². The topological polar surface area (TPSA) is 201 Å². The summed E-state index contributed by atoms with van der Waals surface area (Å²) in [5, 5.41) is 25.7. The Balaban J connectivity index is 1.51. The molecule has 290 valence electrons. The molecule has 0 radical (unpaired) electrons. The van der Waals surface area contributed by atoms with Crippen LogP contribution >= 0.6 is 11.8 Å². The van der Waals surface area contributed by atoms with Crippen LogP contribution < -0.4 is 36.1 Å². The molecule has 0 spiro atoms. The fourth-order valence-electron chi connectivity index (χ4n) is 6.28. The summed E-state index contributed by atoms with van der Waals surface area (Å²) in [6, 6.07) is 15.5. The molecule has 5 atom stereocenters. The minimum Gasteiger partial charge on any atom is -0.493 e. The molecule has 55 heavy (non-hydrogen) atoms. The fraction of sp³-hybridized carbons (Fsp3) is 0.350. The van der Waals surface area contributed by atoms with E-state index in [9.17, 15) is 33.9 Å². The van der Waals surface area contributed by atoms with Gasteiger partial charge in [0.15, 0.2) is 11.5 Å². The van der Waals surface area contributed by atoms with Crippen molar-refractivity contribution in [3.63, 3.8) is 0 Å². The minimum atomic E-state index is -1.36. The van der Waals surface area contributed by atoms with E-state index >= 15 is 0 Å². The number of hydrogen-bond acceptors (Lipinski definition) is 9. The van der Waals surface area contributed by atoms with Crippen LogP contribution in [0.2, 0.25) is 0 Å². The molecule has 3 aromatic carbocycles. The molecular weight excluding hydrogens is 727 g/mol. The highest BCUT2D eigenvalue weighted by atomic mass is 32.2. The Labute approximate surface area is 323 Å². The number of anilines is 1. The van der Waals surface area contributed by atoms with Gasteiger partial charge in [0.05, 0.1) is 14.2 Å². The molecule has 3 aromatic rings. The highest BCUT2D eigenvalue weighted by Gasteiger charge is 2.33. The summed E-state index contributed by atoms with van der Waals surface area (Å²) in [5.74, 6) is -3.49. The van der Waals surface area contributed by atoms with Crippen molar-refractivity contribution in [1.29, 1.82) is 0 Å². The molecule has 15 heteroatoms. The maximum absolute atomic E-state index is 14.3. The average molecular weight is 772 g/mol. The number of carbonyl (C=O) groups is 6. The van der Waals surface area contributed by atoms with Crippen LogP contribution in [0.1, 0.15) is 42.4 Å². The zero-order valence-electron chi connectivity index (χ0n) is 30.5. The average Bonchev–Trinajstić information content (AvgIpc) is 3.70. The van der Waals surface area contributed by atoms with Crippen molar-refractivity contribution in [2.75, 3.05) is 19.5 Å². The van der Waals surface area contributed by atoms with Crippen LogP contribution in [0.25, 0.3) is 0 Å². The van der Waals surface area contributed by atoms with Gasteiger partial charge in [0.2, 0.25) is 29.5 Å². The number of methoxy groups -OCH3 is 2. The monoisotopic (exact) mass is 771 g/mol. The molecule has 0 fully saturated rings. The van der Waals surface area contributed by atoms with Crippen molar-refractivity contribution >= 4 is 53.0 Å². The van der Waals surface area contributed by atoms with Gasteiger partial charge >= 0.3 is 5.97 Å². The molecule has 1 unspecified atom stereocenters. The number of aliphatic carboxylic acids is 1. The van der Waals surface area contributed by atoms with Gasteiger partial charge in [0, 0.05) is 43.0 Å². The van der Waals surface area contributed by atoms with Crippen LogP contribution in [0.3, 0.4) is 0 Å². The first-order chi connectivity index (χ1) is 26.5. The third-order valence-electron chi connectivity index (χ3n) is 9.22. The minimum absolute atomic E-state index is 0.0146. The first-order valence-electron chi connectivity index (χ1n) is 17.9. The molecule has 0 saturated heterocycles. The second kappa shape index (κ2) is 19.5. The van der Waals surface area contributed by atoms with Gasteiger partial charge in [0.25, 0.3) is 0 Å². The van der Waals surface area contributed by atoms with E-state index in [1.807, 2.05) is 11.5 Å². The summed E-state index contributed by atoms with van der Waals surface area (Å²) >= 11 is 1.53. The predicted molar refractivity (Wildman–Crippen MR) is 207 cm³/mol. The van der Waals surface area contributed by atoms with Crippen molar-refractivity contribution in [3.8, 4) is 11.5 Å². The largest absolute Gasteiger partial charge is 0.493 e. The van der Waals surface area contributed by atoms with E-state index in [4.69, 9.17) is 9.47 Å². The number of thioether (sulfide) groups is 1. The molecule has 0 aliphatic carbocycles. The number of nitrogens with one attached hydrogen (secondary N) is 5. The standard InChI is InChI=1S/C40H45N5O9S/c1-53-33-15-12-26(22-34(33)54-2)21-30-37(48)43-29(19-24-7-4-3-5-8-24)38(49)45-32(40(51)52)20-25-10-13-27(14-11-25)41-35(46)16-17-36(47)42-31(39(50)44-30)23-28-9-6-18-55-28/h3-8,10-15,18,22,28-32H,9,16-17,19-21,23H2,1-2H3,(H,41,46)(H,42,47)(H,43,48)(H,44,50)(H,45,49)(H,51,52)/t28?,29-,30+,31-,32+/m1/s1. The molecule has 2 bridgehead atoms. The zero-order chi connectivity index (χ0) is 39.3. The molecule has 3 aliphatic rings. The Bertz CT molecular complexity index is 1880. The van der Waals surface area contributed by atoms with Gasteiger partial charge < -0.3 is 41.2 Å². The fourth-order valence-corrected chi connectivity index (χ4v) is 7.25. The molecule has 3 aliphatic heterocycles. The molecule has 6 rings (SSSR count). The van der Waals surface area contributed by atoms with Gasteiger partial charge in [-0.05, 0) is 59.2 Å². The van der Waals surface area contributed by atoms with Gasteiger partial charge in [0.1, 0.15) is 24.2 Å². The first-order valence-corrected chi connectivity index (χ1v) is 18.8. The van der Waals surface area contributed by atoms with Crippen molar-refractivity contribution < 1.29 is 43.3 Å². The Kier molecular flexibility index (Phi) is 14.3. The third-order valence-corrected chi connectivity index (χ3v) is 10.3. The quantitative estimate of drug-likeness (QED) is 0.176. The SMILES string of the molecule is COc1ccc(C[C@@H]2NC(=O)[C@@H](CC3CC=CS3)NC(=O)CCC(=O)Nc3ccc(cc3)C[C@@H](C(=O)O)NC(=O)[C@@H](Cc3ccccc3)NC2=O)cc1OC. The molecule has 5 amide bonds. The molecule has 3 heterocycles. The van der Waals surface area contributed by atoms with Crippen LogP contribution in [-0.4, -0.2) is 84.2 Å². The second-order valence-electron chi connectivity index (χ2n) is 13.3. The van der Waals surface area contributed by atoms with Crippen molar-refractivity contribution in [1.82, 2.24) is 21.3 Å². The smallest absolute Gasteiger partial charge is 0.326 e.